The molecule has 5 nitrogen and oxygen atoms in total. The van der Waals surface area contributed by atoms with Crippen LogP contribution in [0.2, 0.25) is 0 Å². The van der Waals surface area contributed by atoms with E-state index in [9.17, 15) is 18.4 Å². The van der Waals surface area contributed by atoms with Gasteiger partial charge in [0.05, 0.1) is 11.9 Å². The molecule has 0 fully saturated rings. The monoisotopic (exact) mass is 252 g/mol. The van der Waals surface area contributed by atoms with Gasteiger partial charge in [-0.1, -0.05) is 0 Å². The lowest BCUT2D eigenvalue weighted by atomic mass is 10.1. The lowest BCUT2D eigenvalue weighted by molar-refractivity contribution is 0.0686. The number of hydrogen-bond acceptors (Lipinski definition) is 3. The highest BCUT2D eigenvalue weighted by molar-refractivity contribution is 6.12. The number of nitrogens with one attached hydrogen (secondary N) is 1. The highest BCUT2D eigenvalue weighted by Gasteiger charge is 2.23. The number of benzene rings is 1. The van der Waals surface area contributed by atoms with Gasteiger partial charge in [-0.05, 0) is 12.1 Å². The van der Waals surface area contributed by atoms with Crippen molar-refractivity contribution in [3.8, 4) is 0 Å². The van der Waals surface area contributed by atoms with E-state index in [2.05, 4.69) is 9.97 Å². The SMILES string of the molecule is O=C(c1ccc(F)cc1F)c1nc[nH]c1C(=O)O. The molecule has 0 aliphatic carbocycles. The van der Waals surface area contributed by atoms with Gasteiger partial charge in [0.25, 0.3) is 0 Å². The van der Waals surface area contributed by atoms with Gasteiger partial charge < -0.3 is 10.1 Å². The highest BCUT2D eigenvalue weighted by atomic mass is 19.1. The Hall–Kier alpha value is -2.57. The predicted molar refractivity (Wildman–Crippen MR) is 55.3 cm³/mol. The Morgan fingerprint density at radius 1 is 1.28 bits per heavy atom. The Bertz CT molecular complexity index is 637. The number of aromatic amines is 1. The number of aromatic nitrogens is 2. The van der Waals surface area contributed by atoms with E-state index in [1.165, 1.54) is 0 Å². The van der Waals surface area contributed by atoms with Gasteiger partial charge in [0, 0.05) is 6.07 Å². The van der Waals surface area contributed by atoms with Crippen molar-refractivity contribution in [3.05, 3.63) is 53.1 Å². The quantitative estimate of drug-likeness (QED) is 0.813. The highest BCUT2D eigenvalue weighted by Crippen LogP contribution is 2.15. The van der Waals surface area contributed by atoms with Crippen LogP contribution in [0.15, 0.2) is 24.5 Å². The summed E-state index contributed by atoms with van der Waals surface area (Å²) in [5.41, 5.74) is -1.30. The zero-order valence-electron chi connectivity index (χ0n) is 8.78. The van der Waals surface area contributed by atoms with Gasteiger partial charge in [0.15, 0.2) is 5.69 Å². The molecule has 0 spiro atoms. The molecule has 0 amide bonds. The van der Waals surface area contributed by atoms with Crippen LogP contribution in [-0.4, -0.2) is 26.8 Å². The van der Waals surface area contributed by atoms with Gasteiger partial charge in [-0.2, -0.15) is 0 Å². The first-order chi connectivity index (χ1) is 8.50. The third-order valence-corrected chi connectivity index (χ3v) is 2.24. The van der Waals surface area contributed by atoms with E-state index in [0.29, 0.717) is 6.07 Å². The summed E-state index contributed by atoms with van der Waals surface area (Å²) in [5.74, 6) is -4.21. The largest absolute Gasteiger partial charge is 0.477 e. The maximum atomic E-state index is 13.4. The maximum Gasteiger partial charge on any atom is 0.354 e. The number of aromatic carboxylic acids is 1. The zero-order valence-corrected chi connectivity index (χ0v) is 8.78. The van der Waals surface area contributed by atoms with Crippen LogP contribution in [0.5, 0.6) is 0 Å². The second-order valence-corrected chi connectivity index (χ2v) is 3.38. The van der Waals surface area contributed by atoms with E-state index in [1.54, 1.807) is 0 Å². The number of carboxylic acids is 1. The molecule has 1 aromatic heterocycles. The average molecular weight is 252 g/mol. The Labute approximate surface area is 99.1 Å². The predicted octanol–water partition coefficient (Wildman–Crippen LogP) is 1.62. The smallest absolute Gasteiger partial charge is 0.354 e. The Morgan fingerprint density at radius 3 is 2.61 bits per heavy atom. The lowest BCUT2D eigenvalue weighted by Crippen LogP contribution is -2.11. The van der Waals surface area contributed by atoms with Crippen LogP contribution in [0.4, 0.5) is 8.78 Å². The molecular formula is C11H6F2N2O3. The Balaban J connectivity index is 2.48. The average Bonchev–Trinajstić information content (AvgIpc) is 2.77. The molecule has 2 N–H and O–H groups in total. The number of halogens is 2. The van der Waals surface area contributed by atoms with Crippen LogP contribution in [0.25, 0.3) is 0 Å². The molecule has 0 bridgehead atoms. The topological polar surface area (TPSA) is 83.0 Å². The minimum absolute atomic E-state index is 0.423. The van der Waals surface area contributed by atoms with Crippen LogP contribution >= 0.6 is 0 Å². The van der Waals surface area contributed by atoms with Crippen molar-refractivity contribution in [2.75, 3.05) is 0 Å². The molecule has 1 aromatic carbocycles. The number of carbonyl (C=O) groups is 2. The molecule has 0 saturated carbocycles. The number of rotatable bonds is 3. The van der Waals surface area contributed by atoms with Gasteiger partial charge in [-0.15, -0.1) is 0 Å². The first-order valence-electron chi connectivity index (χ1n) is 4.77. The van der Waals surface area contributed by atoms with E-state index in [0.717, 1.165) is 18.5 Å². The molecule has 0 aliphatic heterocycles. The van der Waals surface area contributed by atoms with Gasteiger partial charge >= 0.3 is 5.97 Å². The fourth-order valence-electron chi connectivity index (χ4n) is 1.43. The summed E-state index contributed by atoms with van der Waals surface area (Å²) in [6, 6.07) is 2.39. The number of carboxylic acid groups (broad SMARTS) is 1. The first-order valence-corrected chi connectivity index (χ1v) is 4.77. The fraction of sp³-hybridized carbons (Fsp3) is 0. The molecule has 0 atom stereocenters. The third-order valence-electron chi connectivity index (χ3n) is 2.24. The maximum absolute atomic E-state index is 13.4. The normalized spacial score (nSPS) is 10.3. The molecule has 7 heteroatoms. The summed E-state index contributed by atoms with van der Waals surface area (Å²) in [6.45, 7) is 0. The molecule has 0 unspecified atom stereocenters. The van der Waals surface area contributed by atoms with Crippen molar-refractivity contribution in [1.82, 2.24) is 9.97 Å². The minimum Gasteiger partial charge on any atom is -0.477 e. The third kappa shape index (κ3) is 1.97. The van der Waals surface area contributed by atoms with E-state index in [4.69, 9.17) is 5.11 Å². The second kappa shape index (κ2) is 4.36. The molecular weight excluding hydrogens is 246 g/mol. The van der Waals surface area contributed by atoms with Crippen molar-refractivity contribution < 1.29 is 23.5 Å². The zero-order chi connectivity index (χ0) is 13.3. The van der Waals surface area contributed by atoms with E-state index >= 15 is 0 Å². The number of ketones is 1. The van der Waals surface area contributed by atoms with Crippen LogP contribution in [-0.2, 0) is 0 Å². The molecule has 0 saturated heterocycles. The van der Waals surface area contributed by atoms with Crippen molar-refractivity contribution in [2.45, 2.75) is 0 Å². The van der Waals surface area contributed by atoms with Crippen LogP contribution in [0.3, 0.4) is 0 Å². The molecule has 0 radical (unpaired) electrons. The van der Waals surface area contributed by atoms with Crippen molar-refractivity contribution in [2.24, 2.45) is 0 Å². The van der Waals surface area contributed by atoms with Gasteiger partial charge in [-0.3, -0.25) is 4.79 Å². The molecule has 18 heavy (non-hydrogen) atoms. The first kappa shape index (κ1) is 11.9. The van der Waals surface area contributed by atoms with Crippen LogP contribution in [0, 0.1) is 11.6 Å². The summed E-state index contributed by atoms with van der Waals surface area (Å²) in [5, 5.41) is 8.79. The number of carbonyl (C=O) groups excluding carboxylic acids is 1. The summed E-state index contributed by atoms with van der Waals surface area (Å²) < 4.78 is 26.1. The molecule has 2 aromatic rings. The minimum atomic E-state index is -1.39. The van der Waals surface area contributed by atoms with E-state index in [1.807, 2.05) is 0 Å². The van der Waals surface area contributed by atoms with Crippen LogP contribution < -0.4 is 0 Å². The molecule has 2 rings (SSSR count). The molecule has 92 valence electrons. The van der Waals surface area contributed by atoms with E-state index in [-0.39, 0.29) is 0 Å². The second-order valence-electron chi connectivity index (χ2n) is 3.38. The number of H-pyrrole nitrogens is 1. The number of imidazole rings is 1. The lowest BCUT2D eigenvalue weighted by Gasteiger charge is -2.01. The van der Waals surface area contributed by atoms with Crippen molar-refractivity contribution in [3.63, 3.8) is 0 Å². The fourth-order valence-corrected chi connectivity index (χ4v) is 1.43. The summed E-state index contributed by atoms with van der Waals surface area (Å²) in [4.78, 5) is 28.4. The van der Waals surface area contributed by atoms with Crippen LogP contribution in [0.1, 0.15) is 26.5 Å². The van der Waals surface area contributed by atoms with Gasteiger partial charge in [0.1, 0.15) is 17.3 Å². The standard InChI is InChI=1S/C11H6F2N2O3/c12-5-1-2-6(7(13)3-5)10(16)8-9(11(17)18)15-4-14-8/h1-4H,(H,14,15)(H,17,18). The Kier molecular flexibility index (Phi) is 2.88. The van der Waals surface area contributed by atoms with Gasteiger partial charge in [-0.25, -0.2) is 18.6 Å². The Morgan fingerprint density at radius 2 is 2.00 bits per heavy atom. The summed E-state index contributed by atoms with van der Waals surface area (Å²) in [7, 11) is 0. The number of nitrogens with zero attached hydrogens (tertiary/aromatic N) is 1. The number of hydrogen-bond donors (Lipinski definition) is 2. The van der Waals surface area contributed by atoms with Gasteiger partial charge in [0.2, 0.25) is 5.78 Å². The molecule has 1 heterocycles. The van der Waals surface area contributed by atoms with Crippen molar-refractivity contribution in [1.29, 1.82) is 0 Å². The van der Waals surface area contributed by atoms with Crippen molar-refractivity contribution >= 4 is 11.8 Å². The summed E-state index contributed by atoms with van der Waals surface area (Å²) in [6.07, 6.45) is 1.01. The molecule has 0 aliphatic rings. The van der Waals surface area contributed by atoms with E-state index < -0.39 is 40.3 Å². The summed E-state index contributed by atoms with van der Waals surface area (Å²) >= 11 is 0.